The minimum Gasteiger partial charge on any atom is -0.493 e. The molecule has 0 bridgehead atoms. The molecule has 0 aliphatic carbocycles. The molecule has 2 N–H and O–H groups in total. The molecule has 2 aliphatic heterocycles. The zero-order valence-corrected chi connectivity index (χ0v) is 14.8. The summed E-state index contributed by atoms with van der Waals surface area (Å²) in [5.74, 6) is 0.319. The van der Waals surface area contributed by atoms with Crippen LogP contribution in [0.3, 0.4) is 0 Å². The molecular weight excluding hydrogens is 327 g/mol. The summed E-state index contributed by atoms with van der Waals surface area (Å²) >= 11 is 0. The van der Waals surface area contributed by atoms with Gasteiger partial charge in [-0.1, -0.05) is 0 Å². The SMILES string of the molecule is CC(C)(C)OC(=O)NC1CCN(C2CCOc3ccc(F)cc32)C1O. The molecule has 0 radical (unpaired) electrons. The van der Waals surface area contributed by atoms with Crippen LogP contribution in [0, 0.1) is 5.82 Å². The van der Waals surface area contributed by atoms with Crippen LogP contribution in [0.5, 0.6) is 5.75 Å². The second kappa shape index (κ2) is 6.80. The van der Waals surface area contributed by atoms with Gasteiger partial charge in [-0.3, -0.25) is 4.90 Å². The first-order chi connectivity index (χ1) is 11.7. The number of amides is 1. The second-order valence-electron chi connectivity index (χ2n) is 7.53. The lowest BCUT2D eigenvalue weighted by Crippen LogP contribution is -2.47. The number of hydrogen-bond acceptors (Lipinski definition) is 5. The highest BCUT2D eigenvalue weighted by Gasteiger charge is 2.40. The van der Waals surface area contributed by atoms with Crippen molar-refractivity contribution < 1.29 is 23.8 Å². The van der Waals surface area contributed by atoms with Crippen LogP contribution in [0.15, 0.2) is 18.2 Å². The Bertz CT molecular complexity index is 646. The molecule has 3 atom stereocenters. The summed E-state index contributed by atoms with van der Waals surface area (Å²) in [6, 6.07) is 3.89. The average molecular weight is 352 g/mol. The van der Waals surface area contributed by atoms with Gasteiger partial charge in [-0.2, -0.15) is 0 Å². The summed E-state index contributed by atoms with van der Waals surface area (Å²) < 4.78 is 24.5. The van der Waals surface area contributed by atoms with E-state index < -0.39 is 24.0 Å². The van der Waals surface area contributed by atoms with Gasteiger partial charge in [0.1, 0.15) is 23.4 Å². The first kappa shape index (κ1) is 17.9. The Kier molecular flexibility index (Phi) is 4.88. The molecule has 1 aromatic rings. The Hall–Kier alpha value is -1.86. The molecule has 138 valence electrons. The fourth-order valence-electron chi connectivity index (χ4n) is 3.44. The lowest BCUT2D eigenvalue weighted by molar-refractivity contribution is -0.0203. The van der Waals surface area contributed by atoms with Gasteiger partial charge in [-0.15, -0.1) is 0 Å². The number of halogens is 1. The summed E-state index contributed by atoms with van der Waals surface area (Å²) in [5.41, 5.74) is 0.146. The zero-order valence-electron chi connectivity index (χ0n) is 14.8. The fourth-order valence-corrected chi connectivity index (χ4v) is 3.44. The molecule has 2 heterocycles. The minimum atomic E-state index is -0.855. The third-order valence-corrected chi connectivity index (χ3v) is 4.48. The number of rotatable bonds is 2. The Balaban J connectivity index is 1.70. The molecule has 1 saturated heterocycles. The largest absolute Gasteiger partial charge is 0.493 e. The van der Waals surface area contributed by atoms with E-state index in [1.54, 1.807) is 26.8 Å². The summed E-state index contributed by atoms with van der Waals surface area (Å²) in [5, 5.41) is 13.4. The van der Waals surface area contributed by atoms with Crippen molar-refractivity contribution >= 4 is 6.09 Å². The topological polar surface area (TPSA) is 71.0 Å². The third-order valence-electron chi connectivity index (χ3n) is 4.48. The number of likely N-dealkylation sites (tertiary alicyclic amines) is 1. The maximum atomic E-state index is 13.6. The maximum Gasteiger partial charge on any atom is 0.408 e. The number of nitrogens with zero attached hydrogens (tertiary/aromatic N) is 1. The van der Waals surface area contributed by atoms with Crippen molar-refractivity contribution in [3.8, 4) is 5.75 Å². The van der Waals surface area contributed by atoms with Crippen molar-refractivity contribution in [3.63, 3.8) is 0 Å². The van der Waals surface area contributed by atoms with Crippen LogP contribution in [-0.2, 0) is 4.74 Å². The molecule has 7 heteroatoms. The first-order valence-corrected chi connectivity index (χ1v) is 8.60. The van der Waals surface area contributed by atoms with E-state index in [1.807, 2.05) is 4.90 Å². The van der Waals surface area contributed by atoms with E-state index in [0.717, 1.165) is 5.56 Å². The highest BCUT2D eigenvalue weighted by molar-refractivity contribution is 5.68. The van der Waals surface area contributed by atoms with Crippen LogP contribution >= 0.6 is 0 Å². The molecule has 25 heavy (non-hydrogen) atoms. The van der Waals surface area contributed by atoms with Gasteiger partial charge in [0.2, 0.25) is 0 Å². The van der Waals surface area contributed by atoms with Gasteiger partial charge >= 0.3 is 6.09 Å². The van der Waals surface area contributed by atoms with E-state index in [0.29, 0.717) is 31.7 Å². The predicted octanol–water partition coefficient (Wildman–Crippen LogP) is 2.57. The number of carbonyl (C=O) groups is 1. The number of nitrogens with one attached hydrogen (secondary N) is 1. The van der Waals surface area contributed by atoms with Crippen LogP contribution in [0.4, 0.5) is 9.18 Å². The van der Waals surface area contributed by atoms with Gasteiger partial charge in [0.15, 0.2) is 0 Å². The fraction of sp³-hybridized carbons (Fsp3) is 0.611. The molecule has 6 nitrogen and oxygen atoms in total. The van der Waals surface area contributed by atoms with Crippen LogP contribution in [0.25, 0.3) is 0 Å². The van der Waals surface area contributed by atoms with E-state index in [1.165, 1.54) is 12.1 Å². The van der Waals surface area contributed by atoms with Crippen LogP contribution in [-0.4, -0.2) is 47.1 Å². The van der Waals surface area contributed by atoms with Crippen molar-refractivity contribution in [2.75, 3.05) is 13.2 Å². The van der Waals surface area contributed by atoms with Crippen LogP contribution in [0.2, 0.25) is 0 Å². The Morgan fingerprint density at radius 1 is 1.40 bits per heavy atom. The highest BCUT2D eigenvalue weighted by atomic mass is 19.1. The van der Waals surface area contributed by atoms with Crippen LogP contribution < -0.4 is 10.1 Å². The summed E-state index contributed by atoms with van der Waals surface area (Å²) in [7, 11) is 0. The Morgan fingerprint density at radius 3 is 2.88 bits per heavy atom. The number of carbonyl (C=O) groups excluding carboxylic acids is 1. The summed E-state index contributed by atoms with van der Waals surface area (Å²) in [6.45, 7) is 6.48. The molecule has 0 spiro atoms. The molecule has 1 amide bonds. The second-order valence-corrected chi connectivity index (χ2v) is 7.53. The molecule has 0 saturated carbocycles. The minimum absolute atomic E-state index is 0.139. The number of alkyl carbamates (subject to hydrolysis) is 1. The number of hydrogen-bond donors (Lipinski definition) is 2. The Labute approximate surface area is 146 Å². The van der Waals surface area contributed by atoms with Crippen LogP contribution in [0.1, 0.15) is 45.2 Å². The van der Waals surface area contributed by atoms with E-state index in [-0.39, 0.29) is 11.9 Å². The van der Waals surface area contributed by atoms with Crippen molar-refractivity contribution in [1.82, 2.24) is 10.2 Å². The Morgan fingerprint density at radius 2 is 2.16 bits per heavy atom. The molecule has 2 aliphatic rings. The van der Waals surface area contributed by atoms with Gasteiger partial charge in [-0.05, 0) is 45.4 Å². The average Bonchev–Trinajstić information content (AvgIpc) is 2.85. The lowest BCUT2D eigenvalue weighted by Gasteiger charge is -2.35. The summed E-state index contributed by atoms with van der Waals surface area (Å²) in [6.07, 6.45) is -0.140. The quantitative estimate of drug-likeness (QED) is 0.856. The van der Waals surface area contributed by atoms with Gasteiger partial charge in [0.25, 0.3) is 0 Å². The van der Waals surface area contributed by atoms with Crippen molar-refractivity contribution in [3.05, 3.63) is 29.6 Å². The van der Waals surface area contributed by atoms with Gasteiger partial charge in [0, 0.05) is 24.6 Å². The molecule has 3 rings (SSSR count). The number of ether oxygens (including phenoxy) is 2. The molecule has 3 unspecified atom stereocenters. The smallest absolute Gasteiger partial charge is 0.408 e. The molecular formula is C18H25FN2O4. The van der Waals surface area contributed by atoms with E-state index in [4.69, 9.17) is 9.47 Å². The monoisotopic (exact) mass is 352 g/mol. The number of aliphatic hydroxyl groups excluding tert-OH is 1. The van der Waals surface area contributed by atoms with Crippen molar-refractivity contribution in [2.45, 2.75) is 57.5 Å². The van der Waals surface area contributed by atoms with E-state index >= 15 is 0 Å². The zero-order chi connectivity index (χ0) is 18.2. The maximum absolute atomic E-state index is 13.6. The third kappa shape index (κ3) is 4.04. The number of aliphatic hydroxyl groups is 1. The van der Waals surface area contributed by atoms with Gasteiger partial charge < -0.3 is 19.9 Å². The normalized spacial score (nSPS) is 26.7. The number of fused-ring (bicyclic) bond motifs is 1. The van der Waals surface area contributed by atoms with E-state index in [2.05, 4.69) is 5.32 Å². The molecule has 1 fully saturated rings. The van der Waals surface area contributed by atoms with Gasteiger partial charge in [0.05, 0.1) is 12.6 Å². The van der Waals surface area contributed by atoms with Crippen molar-refractivity contribution in [2.24, 2.45) is 0 Å². The number of benzene rings is 1. The predicted molar refractivity (Wildman–Crippen MR) is 89.7 cm³/mol. The van der Waals surface area contributed by atoms with Crippen molar-refractivity contribution in [1.29, 1.82) is 0 Å². The lowest BCUT2D eigenvalue weighted by atomic mass is 9.99. The molecule has 0 aromatic heterocycles. The van der Waals surface area contributed by atoms with Gasteiger partial charge in [-0.25, -0.2) is 9.18 Å². The standard InChI is InChI=1S/C18H25FN2O4/c1-18(2,3)25-17(23)20-13-6-8-21(16(13)22)14-7-9-24-15-5-4-11(19)10-12(14)15/h4-5,10,13-14,16,22H,6-9H2,1-3H3,(H,20,23). The van der Waals surface area contributed by atoms with E-state index in [9.17, 15) is 14.3 Å². The summed E-state index contributed by atoms with van der Waals surface area (Å²) in [4.78, 5) is 13.8. The first-order valence-electron chi connectivity index (χ1n) is 8.60. The highest BCUT2D eigenvalue weighted by Crippen LogP contribution is 2.39. The molecule has 1 aromatic carbocycles.